The topological polar surface area (TPSA) is 42.1 Å². The van der Waals surface area contributed by atoms with Crippen LogP contribution in [-0.4, -0.2) is 10.6 Å². The summed E-state index contributed by atoms with van der Waals surface area (Å²) in [6.07, 6.45) is 10.0. The fourth-order valence-corrected chi connectivity index (χ4v) is 6.26. The minimum absolute atomic E-state index is 0.0151. The lowest BCUT2D eigenvalue weighted by Gasteiger charge is -2.48. The predicted molar refractivity (Wildman–Crippen MR) is 111 cm³/mol. The Bertz CT molecular complexity index is 754. The van der Waals surface area contributed by atoms with Crippen molar-refractivity contribution in [1.82, 2.24) is 4.98 Å². The molecule has 4 rings (SSSR count). The van der Waals surface area contributed by atoms with Gasteiger partial charge in [-0.1, -0.05) is 46.5 Å². The molecule has 2 heterocycles. The molecule has 3 heteroatoms. The highest BCUT2D eigenvalue weighted by atomic mass is 16.5. The number of fused-ring (bicyclic) bond motifs is 3. The van der Waals surface area contributed by atoms with Gasteiger partial charge in [0, 0.05) is 23.1 Å². The SMILES string of the molecule is C[C@H]1CCC2[C@H](C1)c1c(cc(C(C)(C)C3CCCCC3)[nH]c1=O)OC2(C)C. The summed E-state index contributed by atoms with van der Waals surface area (Å²) in [7, 11) is 0. The van der Waals surface area contributed by atoms with Crippen LogP contribution >= 0.6 is 0 Å². The zero-order chi connectivity index (χ0) is 19.4. The van der Waals surface area contributed by atoms with Gasteiger partial charge in [0.25, 0.3) is 5.56 Å². The van der Waals surface area contributed by atoms with Crippen LogP contribution in [0.5, 0.6) is 5.75 Å². The fraction of sp³-hybridized carbons (Fsp3) is 0.792. The van der Waals surface area contributed by atoms with Crippen LogP contribution in [0.4, 0.5) is 0 Å². The van der Waals surface area contributed by atoms with Crippen molar-refractivity contribution < 1.29 is 4.74 Å². The van der Waals surface area contributed by atoms with Crippen molar-refractivity contribution in [3.8, 4) is 5.75 Å². The van der Waals surface area contributed by atoms with Crippen molar-refractivity contribution >= 4 is 0 Å². The van der Waals surface area contributed by atoms with Crippen molar-refractivity contribution in [2.45, 2.75) is 103 Å². The highest BCUT2D eigenvalue weighted by Crippen LogP contribution is 2.52. The van der Waals surface area contributed by atoms with Crippen LogP contribution in [0.15, 0.2) is 10.9 Å². The summed E-state index contributed by atoms with van der Waals surface area (Å²) in [5.74, 6) is 2.96. The number of aromatic amines is 1. The average Bonchev–Trinajstić information content (AvgIpc) is 2.61. The van der Waals surface area contributed by atoms with Crippen molar-refractivity contribution in [3.63, 3.8) is 0 Å². The monoisotopic (exact) mass is 371 g/mol. The zero-order valence-electron chi connectivity index (χ0n) is 17.9. The van der Waals surface area contributed by atoms with E-state index in [9.17, 15) is 4.79 Å². The third kappa shape index (κ3) is 3.25. The number of rotatable bonds is 2. The van der Waals surface area contributed by atoms with Crippen molar-refractivity contribution in [1.29, 1.82) is 0 Å². The lowest BCUT2D eigenvalue weighted by atomic mass is 9.64. The summed E-state index contributed by atoms with van der Waals surface area (Å²) in [5.41, 5.74) is 1.88. The Labute approximate surface area is 164 Å². The lowest BCUT2D eigenvalue weighted by Crippen LogP contribution is -2.48. The molecule has 1 aromatic rings. The van der Waals surface area contributed by atoms with Gasteiger partial charge in [-0.05, 0) is 57.3 Å². The number of nitrogens with one attached hydrogen (secondary N) is 1. The second-order valence-corrected chi connectivity index (χ2v) is 10.7. The Hall–Kier alpha value is -1.25. The van der Waals surface area contributed by atoms with Gasteiger partial charge in [0.05, 0.1) is 5.56 Å². The largest absolute Gasteiger partial charge is 0.487 e. The number of aromatic nitrogens is 1. The van der Waals surface area contributed by atoms with Gasteiger partial charge in [0.2, 0.25) is 0 Å². The van der Waals surface area contributed by atoms with Crippen LogP contribution in [-0.2, 0) is 5.41 Å². The van der Waals surface area contributed by atoms with Gasteiger partial charge in [-0.2, -0.15) is 0 Å². The summed E-state index contributed by atoms with van der Waals surface area (Å²) < 4.78 is 6.51. The lowest BCUT2D eigenvalue weighted by molar-refractivity contribution is -0.0146. The van der Waals surface area contributed by atoms with Crippen LogP contribution in [0.2, 0.25) is 0 Å². The van der Waals surface area contributed by atoms with E-state index >= 15 is 0 Å². The smallest absolute Gasteiger partial charge is 0.255 e. The molecule has 2 saturated carbocycles. The summed E-state index contributed by atoms with van der Waals surface area (Å²) in [6.45, 7) is 11.4. The molecular formula is C24H37NO2. The quantitative estimate of drug-likeness (QED) is 0.701. The highest BCUT2D eigenvalue weighted by Gasteiger charge is 2.47. The number of hydrogen-bond donors (Lipinski definition) is 1. The van der Waals surface area contributed by atoms with Gasteiger partial charge in [-0.25, -0.2) is 0 Å². The molecule has 1 aliphatic heterocycles. The van der Waals surface area contributed by atoms with Crippen LogP contribution in [0.3, 0.4) is 0 Å². The summed E-state index contributed by atoms with van der Waals surface area (Å²) in [6, 6.07) is 2.18. The number of pyridine rings is 1. The Balaban J connectivity index is 1.76. The molecule has 0 amide bonds. The van der Waals surface area contributed by atoms with Gasteiger partial charge in [0.1, 0.15) is 11.4 Å². The summed E-state index contributed by atoms with van der Waals surface area (Å²) in [4.78, 5) is 16.6. The minimum Gasteiger partial charge on any atom is -0.487 e. The molecule has 3 nitrogen and oxygen atoms in total. The first-order valence-electron chi connectivity index (χ1n) is 11.2. The summed E-state index contributed by atoms with van der Waals surface area (Å²) >= 11 is 0. The van der Waals surface area contributed by atoms with E-state index in [1.54, 1.807) is 0 Å². The van der Waals surface area contributed by atoms with Gasteiger partial charge in [-0.3, -0.25) is 4.79 Å². The second-order valence-electron chi connectivity index (χ2n) is 10.7. The third-order valence-corrected chi connectivity index (χ3v) is 8.10. The van der Waals surface area contributed by atoms with Crippen LogP contribution in [0.25, 0.3) is 0 Å². The molecule has 2 fully saturated rings. The van der Waals surface area contributed by atoms with Gasteiger partial charge >= 0.3 is 0 Å². The summed E-state index contributed by atoms with van der Waals surface area (Å²) in [5, 5.41) is 0. The number of hydrogen-bond acceptors (Lipinski definition) is 2. The van der Waals surface area contributed by atoms with Crippen molar-refractivity contribution in [3.05, 3.63) is 27.7 Å². The Morgan fingerprint density at radius 3 is 2.52 bits per heavy atom. The first-order valence-corrected chi connectivity index (χ1v) is 11.2. The van der Waals surface area contributed by atoms with Crippen LogP contribution < -0.4 is 10.3 Å². The van der Waals surface area contributed by atoms with Crippen LogP contribution in [0.1, 0.15) is 103 Å². The molecule has 2 aliphatic carbocycles. The average molecular weight is 372 g/mol. The van der Waals surface area contributed by atoms with E-state index in [1.165, 1.54) is 38.5 Å². The maximum atomic E-state index is 13.3. The van der Waals surface area contributed by atoms with E-state index in [2.05, 4.69) is 45.7 Å². The standard InChI is InChI=1S/C24H37NO2/c1-15-11-12-18-17(13-15)21-19(27-24(18,4)5)14-20(25-22(21)26)23(2,3)16-9-7-6-8-10-16/h14-18H,6-13H2,1-5H3,(H,25,26)/t15-,17-,18?/m0/s1. The second kappa shape index (κ2) is 6.67. The molecule has 1 N–H and O–H groups in total. The molecule has 3 aliphatic rings. The van der Waals surface area contributed by atoms with Gasteiger partial charge < -0.3 is 9.72 Å². The Morgan fingerprint density at radius 2 is 1.81 bits per heavy atom. The first-order chi connectivity index (χ1) is 12.7. The van der Waals surface area contributed by atoms with Crippen molar-refractivity contribution in [2.24, 2.45) is 17.8 Å². The maximum absolute atomic E-state index is 13.3. The maximum Gasteiger partial charge on any atom is 0.255 e. The van der Waals surface area contributed by atoms with E-state index in [0.29, 0.717) is 23.7 Å². The first kappa shape index (κ1) is 19.1. The van der Waals surface area contributed by atoms with Crippen LogP contribution in [0, 0.1) is 17.8 Å². The predicted octanol–water partition coefficient (Wildman–Crippen LogP) is 5.92. The molecule has 0 aromatic carbocycles. The zero-order valence-corrected chi connectivity index (χ0v) is 17.9. The third-order valence-electron chi connectivity index (χ3n) is 8.10. The molecular weight excluding hydrogens is 334 g/mol. The van der Waals surface area contributed by atoms with Crippen molar-refractivity contribution in [2.75, 3.05) is 0 Å². The number of H-pyrrole nitrogens is 1. The van der Waals surface area contributed by atoms with E-state index in [-0.39, 0.29) is 16.6 Å². The molecule has 0 saturated heterocycles. The molecule has 3 atom stereocenters. The Kier molecular flexibility index (Phi) is 4.71. The molecule has 0 radical (unpaired) electrons. The van der Waals surface area contributed by atoms with E-state index in [0.717, 1.165) is 29.8 Å². The van der Waals surface area contributed by atoms with Gasteiger partial charge in [0.15, 0.2) is 0 Å². The fourth-order valence-electron chi connectivity index (χ4n) is 6.26. The molecule has 150 valence electrons. The number of ether oxygens (including phenoxy) is 1. The molecule has 0 bridgehead atoms. The van der Waals surface area contributed by atoms with E-state index in [1.807, 2.05) is 0 Å². The normalized spacial score (nSPS) is 30.9. The van der Waals surface area contributed by atoms with E-state index < -0.39 is 0 Å². The Morgan fingerprint density at radius 1 is 1.11 bits per heavy atom. The molecule has 1 aromatic heterocycles. The molecule has 0 spiro atoms. The molecule has 1 unspecified atom stereocenters. The van der Waals surface area contributed by atoms with E-state index in [4.69, 9.17) is 4.74 Å². The molecule has 27 heavy (non-hydrogen) atoms. The highest BCUT2D eigenvalue weighted by molar-refractivity contribution is 5.42. The minimum atomic E-state index is -0.197. The van der Waals surface area contributed by atoms with Gasteiger partial charge in [-0.15, -0.1) is 0 Å².